The second-order valence-electron chi connectivity index (χ2n) is 10.2. The van der Waals surface area contributed by atoms with E-state index in [1.165, 1.54) is 25.2 Å². The van der Waals surface area contributed by atoms with Crippen LogP contribution in [0, 0.1) is 10.1 Å². The molecule has 2 atom stereocenters. The standard InChI is InChI=1S/C29H34Cl2N4O7S2/c1-33-19-25(24-17-22(30)18-27(31)26(24)20-33)21-6-5-7-23(16-21)43(38)32-10-12-41-14-15-42-13-11-34(2)44(39,40)29-9-4-3-8-28(29)35(36)37/h3-9,16-18,25,32H,10-15,19-20H2,1-2H3/t25-,43?/m0/s1. The summed E-state index contributed by atoms with van der Waals surface area (Å²) >= 11 is 11.4. The molecule has 1 aliphatic rings. The Morgan fingerprint density at radius 2 is 1.80 bits per heavy atom. The number of nitro groups is 1. The van der Waals surface area contributed by atoms with E-state index < -0.39 is 32.0 Å². The zero-order valence-electron chi connectivity index (χ0n) is 24.3. The summed E-state index contributed by atoms with van der Waals surface area (Å²) in [5.74, 6) is 0.0389. The van der Waals surface area contributed by atoms with Gasteiger partial charge in [-0.1, -0.05) is 47.5 Å². The summed E-state index contributed by atoms with van der Waals surface area (Å²) in [5.41, 5.74) is 2.68. The summed E-state index contributed by atoms with van der Waals surface area (Å²) in [6, 6.07) is 16.6. The number of hydrogen-bond acceptors (Lipinski definition) is 9. The number of nitro benzene ring substituents is 1. The Morgan fingerprint density at radius 1 is 1.07 bits per heavy atom. The van der Waals surface area contributed by atoms with Crippen molar-refractivity contribution in [3.63, 3.8) is 0 Å². The molecule has 1 N–H and O–H groups in total. The molecule has 238 valence electrons. The SMILES string of the molecule is CN1Cc2c(Cl)cc(Cl)cc2[C@H](c2cccc([S+]([O-])NCCOCCOCCN(C)S(=O)(=O)c3ccccc3[N+](=O)[O-])c2)C1. The fraction of sp³-hybridized carbons (Fsp3) is 0.379. The van der Waals surface area contributed by atoms with Gasteiger partial charge in [-0.15, -0.1) is 4.72 Å². The van der Waals surface area contributed by atoms with Gasteiger partial charge < -0.3 is 18.9 Å². The average molecular weight is 686 g/mol. The molecule has 0 saturated heterocycles. The van der Waals surface area contributed by atoms with Crippen LogP contribution in [-0.2, 0) is 37.4 Å². The fourth-order valence-electron chi connectivity index (χ4n) is 4.90. The number of rotatable bonds is 15. The third-order valence-electron chi connectivity index (χ3n) is 7.12. The van der Waals surface area contributed by atoms with Crippen molar-refractivity contribution in [1.82, 2.24) is 13.9 Å². The smallest absolute Gasteiger partial charge is 0.289 e. The van der Waals surface area contributed by atoms with E-state index >= 15 is 0 Å². The van der Waals surface area contributed by atoms with Crippen molar-refractivity contribution in [1.29, 1.82) is 0 Å². The number of benzene rings is 3. The number of fused-ring (bicyclic) bond motifs is 1. The lowest BCUT2D eigenvalue weighted by atomic mass is 9.85. The molecule has 1 unspecified atom stereocenters. The molecule has 1 heterocycles. The Hall–Kier alpha value is -2.30. The molecule has 0 aliphatic carbocycles. The predicted octanol–water partition coefficient (Wildman–Crippen LogP) is 4.45. The van der Waals surface area contributed by atoms with Crippen LogP contribution >= 0.6 is 23.2 Å². The molecule has 1 aliphatic heterocycles. The maximum absolute atomic E-state index is 13.0. The number of halogens is 2. The number of hydrogen-bond donors (Lipinski definition) is 1. The predicted molar refractivity (Wildman–Crippen MR) is 170 cm³/mol. The van der Waals surface area contributed by atoms with Crippen molar-refractivity contribution in [2.75, 3.05) is 60.2 Å². The van der Waals surface area contributed by atoms with Crippen LogP contribution in [0.4, 0.5) is 5.69 Å². The van der Waals surface area contributed by atoms with E-state index in [1.54, 1.807) is 6.07 Å². The lowest BCUT2D eigenvalue weighted by Crippen LogP contribution is -2.31. The minimum atomic E-state index is -4.05. The van der Waals surface area contributed by atoms with Crippen LogP contribution in [0.2, 0.25) is 10.0 Å². The molecule has 0 aromatic heterocycles. The Morgan fingerprint density at radius 3 is 2.55 bits per heavy atom. The molecular formula is C29H34Cl2N4O7S2. The van der Waals surface area contributed by atoms with Gasteiger partial charge in [0.05, 0.1) is 49.3 Å². The number of sulfonamides is 1. The topological polar surface area (TPSA) is 137 Å². The molecule has 0 spiro atoms. The molecule has 15 heteroatoms. The van der Waals surface area contributed by atoms with Crippen LogP contribution in [0.5, 0.6) is 0 Å². The van der Waals surface area contributed by atoms with E-state index in [0.29, 0.717) is 28.1 Å². The molecular weight excluding hydrogens is 651 g/mol. The Kier molecular flexibility index (Phi) is 12.4. The van der Waals surface area contributed by atoms with E-state index in [2.05, 4.69) is 9.62 Å². The molecule has 0 bridgehead atoms. The van der Waals surface area contributed by atoms with E-state index in [-0.39, 0.29) is 37.2 Å². The second kappa shape index (κ2) is 15.8. The summed E-state index contributed by atoms with van der Waals surface area (Å²) < 4.78 is 53.4. The zero-order chi connectivity index (χ0) is 31.9. The van der Waals surface area contributed by atoms with Crippen molar-refractivity contribution in [2.45, 2.75) is 22.3 Å². The van der Waals surface area contributed by atoms with Gasteiger partial charge in [0.2, 0.25) is 10.0 Å². The molecule has 0 saturated carbocycles. The van der Waals surface area contributed by atoms with Crippen molar-refractivity contribution in [3.8, 4) is 0 Å². The number of nitrogens with one attached hydrogen (secondary N) is 1. The van der Waals surface area contributed by atoms with Gasteiger partial charge >= 0.3 is 0 Å². The zero-order valence-corrected chi connectivity index (χ0v) is 27.4. The Bertz CT molecular complexity index is 1560. The third kappa shape index (κ3) is 8.69. The molecule has 3 aromatic rings. The van der Waals surface area contributed by atoms with Gasteiger partial charge in [-0.3, -0.25) is 10.1 Å². The first-order valence-electron chi connectivity index (χ1n) is 13.8. The highest BCUT2D eigenvalue weighted by molar-refractivity contribution is 7.89. The lowest BCUT2D eigenvalue weighted by molar-refractivity contribution is -0.387. The highest BCUT2D eigenvalue weighted by atomic mass is 35.5. The van der Waals surface area contributed by atoms with Gasteiger partial charge in [-0.25, -0.2) is 8.42 Å². The van der Waals surface area contributed by atoms with Gasteiger partial charge in [0.15, 0.2) is 9.79 Å². The summed E-state index contributed by atoms with van der Waals surface area (Å²) in [6.45, 7) is 2.71. The van der Waals surface area contributed by atoms with Crippen molar-refractivity contribution in [3.05, 3.63) is 97.5 Å². The molecule has 4 rings (SSSR count). The highest BCUT2D eigenvalue weighted by Crippen LogP contribution is 2.38. The minimum absolute atomic E-state index is 0.0107. The van der Waals surface area contributed by atoms with E-state index in [1.807, 2.05) is 37.4 Å². The number of ether oxygens (including phenoxy) is 2. The maximum atomic E-state index is 13.0. The lowest BCUT2D eigenvalue weighted by Gasteiger charge is -2.33. The first kappa shape index (κ1) is 34.6. The van der Waals surface area contributed by atoms with Crippen molar-refractivity contribution >= 4 is 50.3 Å². The van der Waals surface area contributed by atoms with Gasteiger partial charge in [0.1, 0.15) is 0 Å². The van der Waals surface area contributed by atoms with Gasteiger partial charge in [-0.05, 0) is 54.1 Å². The summed E-state index contributed by atoms with van der Waals surface area (Å²) in [5, 5.41) is 12.4. The number of likely N-dealkylation sites (N-methyl/N-ethyl adjacent to an activating group) is 2. The normalized spacial score (nSPS) is 16.2. The van der Waals surface area contributed by atoms with Gasteiger partial charge in [0, 0.05) is 48.7 Å². The molecule has 0 fully saturated rings. The van der Waals surface area contributed by atoms with E-state index in [0.717, 1.165) is 40.2 Å². The average Bonchev–Trinajstić information content (AvgIpc) is 3.00. The van der Waals surface area contributed by atoms with Gasteiger partial charge in [0.25, 0.3) is 5.69 Å². The fourth-order valence-corrected chi connectivity index (χ4v) is 7.65. The molecule has 0 radical (unpaired) electrons. The van der Waals surface area contributed by atoms with Crippen LogP contribution in [-0.4, -0.2) is 87.3 Å². The Labute approximate surface area is 270 Å². The molecule has 0 amide bonds. The van der Waals surface area contributed by atoms with Crippen LogP contribution in [0.25, 0.3) is 0 Å². The molecule has 3 aromatic carbocycles. The molecule has 44 heavy (non-hydrogen) atoms. The maximum Gasteiger partial charge on any atom is 0.289 e. The van der Waals surface area contributed by atoms with Crippen molar-refractivity contribution < 1.29 is 27.4 Å². The van der Waals surface area contributed by atoms with Crippen LogP contribution in [0.3, 0.4) is 0 Å². The van der Waals surface area contributed by atoms with E-state index in [4.69, 9.17) is 32.7 Å². The van der Waals surface area contributed by atoms with Crippen LogP contribution in [0.1, 0.15) is 22.6 Å². The highest BCUT2D eigenvalue weighted by Gasteiger charge is 2.29. The summed E-state index contributed by atoms with van der Waals surface area (Å²) in [7, 11) is -0.668. The van der Waals surface area contributed by atoms with Gasteiger partial charge in [-0.2, -0.15) is 4.31 Å². The summed E-state index contributed by atoms with van der Waals surface area (Å²) in [6.07, 6.45) is 0. The number of para-hydroxylation sites is 1. The molecule has 11 nitrogen and oxygen atoms in total. The van der Waals surface area contributed by atoms with Crippen molar-refractivity contribution in [2.24, 2.45) is 0 Å². The second-order valence-corrected chi connectivity index (χ2v) is 14.4. The van der Waals surface area contributed by atoms with E-state index in [9.17, 15) is 23.1 Å². The third-order valence-corrected chi connectivity index (χ3v) is 10.7. The van der Waals surface area contributed by atoms with Crippen LogP contribution < -0.4 is 4.72 Å². The quantitative estimate of drug-likeness (QED) is 0.107. The minimum Gasteiger partial charge on any atom is -0.593 e. The largest absolute Gasteiger partial charge is 0.593 e. The van der Waals surface area contributed by atoms with Crippen LogP contribution in [0.15, 0.2) is 70.5 Å². The first-order chi connectivity index (χ1) is 21.0. The summed E-state index contributed by atoms with van der Waals surface area (Å²) in [4.78, 5) is 13.0. The monoisotopic (exact) mass is 684 g/mol. The Balaban J connectivity index is 1.18. The first-order valence-corrected chi connectivity index (χ1v) is 17.1. The number of nitrogens with zero attached hydrogens (tertiary/aromatic N) is 3.